The van der Waals surface area contributed by atoms with E-state index in [1.165, 1.54) is 24.4 Å². The summed E-state index contributed by atoms with van der Waals surface area (Å²) in [7, 11) is 3.87. The summed E-state index contributed by atoms with van der Waals surface area (Å²) in [5, 5.41) is 14.1. The number of likely N-dealkylation sites (N-methyl/N-ethyl adjacent to an activating group) is 1. The molecule has 0 aliphatic carbocycles. The zero-order valence-electron chi connectivity index (χ0n) is 12.9. The van der Waals surface area contributed by atoms with Crippen molar-refractivity contribution in [3.8, 4) is 11.3 Å². The summed E-state index contributed by atoms with van der Waals surface area (Å²) >= 11 is 0. The fourth-order valence-corrected chi connectivity index (χ4v) is 2.10. The molecule has 2 aromatic rings. The highest BCUT2D eigenvalue weighted by Gasteiger charge is 2.17. The van der Waals surface area contributed by atoms with Crippen molar-refractivity contribution >= 4 is 17.1 Å². The second-order valence-electron chi connectivity index (χ2n) is 5.31. The van der Waals surface area contributed by atoms with Crippen LogP contribution in [0.4, 0.5) is 21.5 Å². The molecule has 2 rings (SSSR count). The molecule has 1 aromatic heterocycles. The van der Waals surface area contributed by atoms with Crippen molar-refractivity contribution in [1.82, 2.24) is 9.88 Å². The van der Waals surface area contributed by atoms with Crippen molar-refractivity contribution < 1.29 is 9.31 Å². The van der Waals surface area contributed by atoms with Crippen LogP contribution in [0.2, 0.25) is 0 Å². The quantitative estimate of drug-likeness (QED) is 0.626. The van der Waals surface area contributed by atoms with Crippen molar-refractivity contribution in [3.63, 3.8) is 0 Å². The highest BCUT2D eigenvalue weighted by atomic mass is 19.1. The molecule has 1 aromatic carbocycles. The van der Waals surface area contributed by atoms with Crippen LogP contribution in [0.1, 0.15) is 0 Å². The van der Waals surface area contributed by atoms with Gasteiger partial charge >= 0.3 is 0 Å². The molecular weight excluding hydrogens is 301 g/mol. The number of nitro groups is 1. The number of hydrogen-bond donors (Lipinski definition) is 2. The Hall–Kier alpha value is -2.74. The number of nitrogen functional groups attached to an aromatic ring is 1. The summed E-state index contributed by atoms with van der Waals surface area (Å²) in [4.78, 5) is 16.4. The molecule has 0 saturated heterocycles. The second kappa shape index (κ2) is 7.01. The van der Waals surface area contributed by atoms with E-state index in [0.717, 1.165) is 6.54 Å². The molecule has 8 heteroatoms. The third-order valence-electron chi connectivity index (χ3n) is 3.22. The van der Waals surface area contributed by atoms with E-state index >= 15 is 0 Å². The Morgan fingerprint density at radius 3 is 2.78 bits per heavy atom. The lowest BCUT2D eigenvalue weighted by molar-refractivity contribution is -0.383. The van der Waals surface area contributed by atoms with Gasteiger partial charge in [-0.15, -0.1) is 0 Å². The lowest BCUT2D eigenvalue weighted by Crippen LogP contribution is -2.20. The van der Waals surface area contributed by atoms with Gasteiger partial charge in [-0.05, 0) is 32.3 Å². The molecule has 7 nitrogen and oxygen atoms in total. The Kier molecular flexibility index (Phi) is 5.07. The number of nitrogens with one attached hydrogen (secondary N) is 1. The Morgan fingerprint density at radius 2 is 2.13 bits per heavy atom. The van der Waals surface area contributed by atoms with E-state index in [9.17, 15) is 14.5 Å². The van der Waals surface area contributed by atoms with Crippen molar-refractivity contribution in [2.45, 2.75) is 0 Å². The van der Waals surface area contributed by atoms with Crippen LogP contribution in [-0.4, -0.2) is 42.0 Å². The van der Waals surface area contributed by atoms with Gasteiger partial charge in [-0.2, -0.15) is 0 Å². The smallest absolute Gasteiger partial charge is 0.295 e. The lowest BCUT2D eigenvalue weighted by Gasteiger charge is -2.13. The maximum absolute atomic E-state index is 13.8. The van der Waals surface area contributed by atoms with Crippen LogP contribution < -0.4 is 11.1 Å². The first-order chi connectivity index (χ1) is 10.9. The monoisotopic (exact) mass is 319 g/mol. The van der Waals surface area contributed by atoms with E-state index in [0.29, 0.717) is 17.8 Å². The fraction of sp³-hybridized carbons (Fsp3) is 0.267. The summed E-state index contributed by atoms with van der Waals surface area (Å²) in [6.07, 6.45) is 1.29. The van der Waals surface area contributed by atoms with Gasteiger partial charge in [-0.1, -0.05) is 0 Å². The summed E-state index contributed by atoms with van der Waals surface area (Å²) in [5.41, 5.74) is 6.61. The molecule has 0 aliphatic rings. The molecular formula is C15H18FN5O2. The van der Waals surface area contributed by atoms with Crippen molar-refractivity contribution in [2.24, 2.45) is 0 Å². The predicted molar refractivity (Wildman–Crippen MR) is 87.7 cm³/mol. The van der Waals surface area contributed by atoms with Gasteiger partial charge in [-0.3, -0.25) is 15.1 Å². The van der Waals surface area contributed by atoms with Crippen molar-refractivity contribution in [2.75, 3.05) is 38.2 Å². The van der Waals surface area contributed by atoms with Gasteiger partial charge in [0.05, 0.1) is 4.92 Å². The third kappa shape index (κ3) is 4.13. The topological polar surface area (TPSA) is 97.3 Å². The Bertz CT molecular complexity index is 721. The minimum atomic E-state index is -0.587. The average Bonchev–Trinajstić information content (AvgIpc) is 2.46. The van der Waals surface area contributed by atoms with Crippen LogP contribution in [0, 0.1) is 15.9 Å². The van der Waals surface area contributed by atoms with Crippen LogP contribution in [0.5, 0.6) is 0 Å². The molecule has 0 saturated carbocycles. The van der Waals surface area contributed by atoms with Crippen LogP contribution in [-0.2, 0) is 0 Å². The minimum Gasteiger partial charge on any atom is -0.391 e. The maximum atomic E-state index is 13.8. The largest absolute Gasteiger partial charge is 0.391 e. The molecule has 0 amide bonds. The van der Waals surface area contributed by atoms with Crippen molar-refractivity contribution in [3.05, 3.63) is 46.4 Å². The first-order valence-electron chi connectivity index (χ1n) is 6.97. The summed E-state index contributed by atoms with van der Waals surface area (Å²) in [6, 6.07) is 5.49. The first-order valence-corrected chi connectivity index (χ1v) is 6.97. The zero-order valence-corrected chi connectivity index (χ0v) is 12.9. The minimum absolute atomic E-state index is 0.0812. The van der Waals surface area contributed by atoms with E-state index in [1.54, 1.807) is 6.07 Å². The Labute approximate surface area is 133 Å². The SMILES string of the molecule is CN(C)CCNc1cc(F)cc(-c2nccc([N+](=O)[O-])c2N)c1. The molecule has 0 spiro atoms. The van der Waals surface area contributed by atoms with Crippen molar-refractivity contribution in [1.29, 1.82) is 0 Å². The maximum Gasteiger partial charge on any atom is 0.295 e. The summed E-state index contributed by atoms with van der Waals surface area (Å²) < 4.78 is 13.8. The summed E-state index contributed by atoms with van der Waals surface area (Å²) in [5.74, 6) is -0.470. The molecule has 0 atom stereocenters. The molecule has 122 valence electrons. The number of rotatable bonds is 6. The number of nitrogens with two attached hydrogens (primary N) is 1. The van der Waals surface area contributed by atoms with Crippen LogP contribution in [0.3, 0.4) is 0 Å². The average molecular weight is 319 g/mol. The van der Waals surface area contributed by atoms with Gasteiger partial charge in [0.2, 0.25) is 0 Å². The normalized spacial score (nSPS) is 10.8. The number of halogens is 1. The number of nitrogens with zero attached hydrogens (tertiary/aromatic N) is 3. The van der Waals surface area contributed by atoms with Gasteiger partial charge < -0.3 is 16.0 Å². The van der Waals surface area contributed by atoms with E-state index < -0.39 is 10.7 Å². The Morgan fingerprint density at radius 1 is 1.39 bits per heavy atom. The van der Waals surface area contributed by atoms with Crippen LogP contribution >= 0.6 is 0 Å². The van der Waals surface area contributed by atoms with Gasteiger partial charge in [0.1, 0.15) is 17.2 Å². The molecule has 0 unspecified atom stereocenters. The molecule has 3 N–H and O–H groups in total. The second-order valence-corrected chi connectivity index (χ2v) is 5.31. The van der Waals surface area contributed by atoms with Gasteiger partial charge in [-0.25, -0.2) is 4.39 Å². The van der Waals surface area contributed by atoms with E-state index in [-0.39, 0.29) is 17.1 Å². The Balaban J connectivity index is 2.35. The zero-order chi connectivity index (χ0) is 17.0. The molecule has 0 bridgehead atoms. The summed E-state index contributed by atoms with van der Waals surface area (Å²) in [6.45, 7) is 1.41. The number of hydrogen-bond acceptors (Lipinski definition) is 6. The number of pyridine rings is 1. The highest BCUT2D eigenvalue weighted by Crippen LogP contribution is 2.32. The third-order valence-corrected chi connectivity index (χ3v) is 3.22. The van der Waals surface area contributed by atoms with Gasteiger partial charge in [0, 0.05) is 36.6 Å². The predicted octanol–water partition coefficient (Wildman–Crippen LogP) is 2.35. The molecule has 23 heavy (non-hydrogen) atoms. The van der Waals surface area contributed by atoms with Crippen LogP contribution in [0.15, 0.2) is 30.5 Å². The number of anilines is 2. The molecule has 1 heterocycles. The van der Waals surface area contributed by atoms with Gasteiger partial charge in [0.15, 0.2) is 0 Å². The van der Waals surface area contributed by atoms with Gasteiger partial charge in [0.25, 0.3) is 5.69 Å². The highest BCUT2D eigenvalue weighted by molar-refractivity contribution is 5.80. The molecule has 0 radical (unpaired) electrons. The number of benzene rings is 1. The molecule has 0 fully saturated rings. The lowest BCUT2D eigenvalue weighted by atomic mass is 10.1. The van der Waals surface area contributed by atoms with E-state index in [2.05, 4.69) is 10.3 Å². The number of aromatic nitrogens is 1. The van der Waals surface area contributed by atoms with E-state index in [1.807, 2.05) is 19.0 Å². The molecule has 0 aliphatic heterocycles. The van der Waals surface area contributed by atoms with Crippen LogP contribution in [0.25, 0.3) is 11.3 Å². The fourth-order valence-electron chi connectivity index (χ4n) is 2.10. The standard InChI is InChI=1S/C15H18FN5O2/c1-20(2)6-5-18-12-8-10(7-11(16)9-12)15-14(17)13(21(22)23)3-4-19-15/h3-4,7-9,18H,5-6,17H2,1-2H3. The van der Waals surface area contributed by atoms with E-state index in [4.69, 9.17) is 5.73 Å². The first kappa shape index (κ1) is 16.6.